The van der Waals surface area contributed by atoms with E-state index < -0.39 is 23.3 Å². The van der Waals surface area contributed by atoms with Crippen molar-refractivity contribution in [2.24, 2.45) is 0 Å². The summed E-state index contributed by atoms with van der Waals surface area (Å²) in [6, 6.07) is 8.93. The van der Waals surface area contributed by atoms with Gasteiger partial charge in [0.15, 0.2) is 11.8 Å². The number of amides is 1. The molecule has 0 fully saturated rings. The molecule has 0 unspecified atom stereocenters. The van der Waals surface area contributed by atoms with Gasteiger partial charge in [0.2, 0.25) is 0 Å². The number of benzene rings is 1. The van der Waals surface area contributed by atoms with Crippen molar-refractivity contribution in [1.29, 1.82) is 0 Å². The smallest absolute Gasteiger partial charge is 0.330 e. The van der Waals surface area contributed by atoms with Crippen LogP contribution >= 0.6 is 0 Å². The molecule has 2 aromatic rings. The molecule has 2 rings (SSSR count). The van der Waals surface area contributed by atoms with Gasteiger partial charge in [-0.1, -0.05) is 31.5 Å². The Labute approximate surface area is 157 Å². The molecule has 0 saturated heterocycles. The van der Waals surface area contributed by atoms with Gasteiger partial charge >= 0.3 is 5.69 Å². The summed E-state index contributed by atoms with van der Waals surface area (Å²) in [7, 11) is 0. The predicted octanol–water partition coefficient (Wildman–Crippen LogP) is 1.74. The number of rotatable bonds is 8. The summed E-state index contributed by atoms with van der Waals surface area (Å²) in [6.45, 7) is 5.90. The maximum atomic E-state index is 12.9. The van der Waals surface area contributed by atoms with Gasteiger partial charge in [0.1, 0.15) is 11.6 Å². The molecule has 0 spiro atoms. The normalized spacial score (nSPS) is 11.8. The minimum absolute atomic E-state index is 0.0145. The molecule has 1 heterocycles. The van der Waals surface area contributed by atoms with Crippen LogP contribution < -0.4 is 26.6 Å². The van der Waals surface area contributed by atoms with E-state index in [4.69, 9.17) is 10.5 Å². The van der Waals surface area contributed by atoms with Crippen molar-refractivity contribution < 1.29 is 9.53 Å². The van der Waals surface area contributed by atoms with E-state index in [0.29, 0.717) is 12.3 Å². The number of nitrogens with zero attached hydrogens (tertiary/aromatic N) is 2. The van der Waals surface area contributed by atoms with Crippen LogP contribution in [-0.2, 0) is 11.3 Å². The van der Waals surface area contributed by atoms with Crippen LogP contribution in [0.25, 0.3) is 0 Å². The lowest BCUT2D eigenvalue weighted by Crippen LogP contribution is -2.45. The molecule has 0 aliphatic carbocycles. The summed E-state index contributed by atoms with van der Waals surface area (Å²) in [5.74, 6) is 0.114. The molecule has 1 amide bonds. The second-order valence-corrected chi connectivity index (χ2v) is 6.15. The monoisotopic (exact) mass is 374 g/mol. The van der Waals surface area contributed by atoms with Crippen LogP contribution in [0.4, 0.5) is 11.5 Å². The molecule has 1 aromatic heterocycles. The van der Waals surface area contributed by atoms with Gasteiger partial charge in [0, 0.05) is 13.1 Å². The zero-order chi connectivity index (χ0) is 20.0. The summed E-state index contributed by atoms with van der Waals surface area (Å²) >= 11 is 0. The minimum atomic E-state index is -0.831. The predicted molar refractivity (Wildman–Crippen MR) is 105 cm³/mol. The Morgan fingerprint density at radius 1 is 1.26 bits per heavy atom. The topological polar surface area (TPSA) is 110 Å². The average Bonchev–Trinajstić information content (AvgIpc) is 2.65. The van der Waals surface area contributed by atoms with Crippen LogP contribution in [0.1, 0.15) is 33.6 Å². The van der Waals surface area contributed by atoms with Gasteiger partial charge in [-0.2, -0.15) is 0 Å². The van der Waals surface area contributed by atoms with Crippen LogP contribution in [-0.4, -0.2) is 28.1 Å². The number of nitrogens with one attached hydrogen (secondary N) is 1. The van der Waals surface area contributed by atoms with E-state index in [-0.39, 0.29) is 18.1 Å². The largest absolute Gasteiger partial charge is 0.481 e. The fourth-order valence-electron chi connectivity index (χ4n) is 2.77. The summed E-state index contributed by atoms with van der Waals surface area (Å²) < 4.78 is 6.96. The van der Waals surface area contributed by atoms with E-state index in [9.17, 15) is 14.4 Å². The lowest BCUT2D eigenvalue weighted by molar-refractivity contribution is -0.124. The summed E-state index contributed by atoms with van der Waals surface area (Å²) in [4.78, 5) is 40.9. The highest BCUT2D eigenvalue weighted by atomic mass is 16.5. The summed E-state index contributed by atoms with van der Waals surface area (Å²) in [6.07, 6.45) is 0.754. The highest BCUT2D eigenvalue weighted by molar-refractivity contribution is 5.98. The third kappa shape index (κ3) is 4.58. The first-order chi connectivity index (χ1) is 12.9. The Morgan fingerprint density at radius 2 is 1.93 bits per heavy atom. The number of carbonyl (C=O) groups excluding carboxylic acids is 1. The first-order valence-corrected chi connectivity index (χ1v) is 9.06. The number of ether oxygens (including phenoxy) is 1. The zero-order valence-corrected chi connectivity index (χ0v) is 15.9. The highest BCUT2D eigenvalue weighted by Gasteiger charge is 2.27. The molecular weight excluding hydrogens is 348 g/mol. The molecule has 8 nitrogen and oxygen atoms in total. The number of para-hydroxylation sites is 1. The molecule has 0 saturated carbocycles. The first kappa shape index (κ1) is 20.3. The average molecular weight is 374 g/mol. The van der Waals surface area contributed by atoms with E-state index in [1.165, 1.54) is 9.47 Å². The molecule has 1 aromatic carbocycles. The van der Waals surface area contributed by atoms with E-state index >= 15 is 0 Å². The van der Waals surface area contributed by atoms with Crippen LogP contribution in [0, 0.1) is 0 Å². The van der Waals surface area contributed by atoms with Crippen LogP contribution in [0.5, 0.6) is 5.75 Å². The van der Waals surface area contributed by atoms with E-state index in [0.717, 1.165) is 12.8 Å². The number of nitrogens with two attached hydrogens (primary N) is 1. The lowest BCUT2D eigenvalue weighted by Gasteiger charge is -2.26. The quantitative estimate of drug-likeness (QED) is 0.731. The fourth-order valence-corrected chi connectivity index (χ4v) is 2.77. The van der Waals surface area contributed by atoms with Crippen molar-refractivity contribution in [3.63, 3.8) is 0 Å². The molecule has 0 aliphatic rings. The second-order valence-electron chi connectivity index (χ2n) is 6.15. The number of hydrogen-bond donors (Lipinski definition) is 2. The molecule has 8 heteroatoms. The number of carbonyl (C=O) groups is 1. The lowest BCUT2D eigenvalue weighted by atomic mass is 10.2. The van der Waals surface area contributed by atoms with E-state index in [2.05, 4.69) is 4.98 Å². The third-order valence-corrected chi connectivity index (χ3v) is 4.21. The van der Waals surface area contributed by atoms with Crippen LogP contribution in [0.3, 0.4) is 0 Å². The molecular formula is C19H26N4O4. The Balaban J connectivity index is 2.37. The number of nitrogen functional groups attached to an aromatic ring is 1. The van der Waals surface area contributed by atoms with Crippen molar-refractivity contribution >= 4 is 17.4 Å². The Bertz CT molecular complexity index is 889. The third-order valence-electron chi connectivity index (χ3n) is 4.21. The second kappa shape index (κ2) is 9.07. The first-order valence-electron chi connectivity index (χ1n) is 9.06. The van der Waals surface area contributed by atoms with Gasteiger partial charge < -0.3 is 15.4 Å². The SMILES string of the molecule is CCCCn1c(N)c(N(CC)C(=O)[C@@H](C)Oc2ccccc2)c(=O)[nH]c1=O. The maximum absolute atomic E-state index is 12.9. The molecule has 1 atom stereocenters. The summed E-state index contributed by atoms with van der Waals surface area (Å²) in [5, 5.41) is 0. The van der Waals surface area contributed by atoms with Crippen molar-refractivity contribution in [2.45, 2.75) is 46.3 Å². The van der Waals surface area contributed by atoms with Gasteiger partial charge in [0.05, 0.1) is 0 Å². The number of hydrogen-bond acceptors (Lipinski definition) is 5. The Kier molecular flexibility index (Phi) is 6.81. The minimum Gasteiger partial charge on any atom is -0.481 e. The van der Waals surface area contributed by atoms with Crippen molar-refractivity contribution in [3.05, 3.63) is 51.2 Å². The van der Waals surface area contributed by atoms with Crippen molar-refractivity contribution in [3.8, 4) is 5.75 Å². The van der Waals surface area contributed by atoms with Gasteiger partial charge in [-0.05, 0) is 32.4 Å². The van der Waals surface area contributed by atoms with Crippen molar-refractivity contribution in [2.75, 3.05) is 17.2 Å². The number of unbranched alkanes of at least 4 members (excludes halogenated alkanes) is 1. The summed E-state index contributed by atoms with van der Waals surface area (Å²) in [5.41, 5.74) is 4.81. The van der Waals surface area contributed by atoms with E-state index in [1.54, 1.807) is 38.1 Å². The van der Waals surface area contributed by atoms with Gasteiger partial charge in [-0.15, -0.1) is 0 Å². The number of H-pyrrole nitrogens is 1. The van der Waals surface area contributed by atoms with Gasteiger partial charge in [-0.25, -0.2) is 4.79 Å². The molecule has 3 N–H and O–H groups in total. The molecule has 0 bridgehead atoms. The number of aromatic nitrogens is 2. The van der Waals surface area contributed by atoms with Crippen molar-refractivity contribution in [1.82, 2.24) is 9.55 Å². The number of anilines is 2. The number of likely N-dealkylation sites (N-methyl/N-ethyl adjacent to an activating group) is 1. The van der Waals surface area contributed by atoms with Gasteiger partial charge in [0.25, 0.3) is 11.5 Å². The Morgan fingerprint density at radius 3 is 2.52 bits per heavy atom. The van der Waals surface area contributed by atoms with Gasteiger partial charge in [-0.3, -0.25) is 19.1 Å². The molecule has 0 aliphatic heterocycles. The number of aromatic amines is 1. The highest BCUT2D eigenvalue weighted by Crippen LogP contribution is 2.19. The maximum Gasteiger partial charge on any atom is 0.330 e. The fraction of sp³-hybridized carbons (Fsp3) is 0.421. The molecule has 146 valence electrons. The van der Waals surface area contributed by atoms with E-state index in [1.807, 2.05) is 13.0 Å². The molecule has 27 heavy (non-hydrogen) atoms. The Hall–Kier alpha value is -3.03. The molecule has 0 radical (unpaired) electrons. The zero-order valence-electron chi connectivity index (χ0n) is 15.9. The van der Waals surface area contributed by atoms with Crippen LogP contribution in [0.15, 0.2) is 39.9 Å². The standard InChI is InChI=1S/C19H26N4O4/c1-4-6-12-23-16(20)15(17(24)21-19(23)26)22(5-2)18(25)13(3)27-14-10-8-7-9-11-14/h7-11,13H,4-6,12,20H2,1-3H3,(H,21,24,26)/t13-/m1/s1. The van der Waals surface area contributed by atoms with Crippen LogP contribution in [0.2, 0.25) is 0 Å².